The van der Waals surface area contributed by atoms with Gasteiger partial charge in [-0.2, -0.15) is 0 Å². The summed E-state index contributed by atoms with van der Waals surface area (Å²) >= 11 is 6.02. The second kappa shape index (κ2) is 12.8. The van der Waals surface area contributed by atoms with E-state index in [1.807, 2.05) is 18.2 Å². The lowest BCUT2D eigenvalue weighted by atomic mass is 10.2. The maximum atomic E-state index is 13.1. The van der Waals surface area contributed by atoms with Gasteiger partial charge in [0.15, 0.2) is 11.5 Å². The summed E-state index contributed by atoms with van der Waals surface area (Å²) in [6.07, 6.45) is 2.91. The lowest BCUT2D eigenvalue weighted by Gasteiger charge is -2.13. The van der Waals surface area contributed by atoms with E-state index in [1.54, 1.807) is 13.2 Å². The van der Waals surface area contributed by atoms with Crippen molar-refractivity contribution in [1.82, 2.24) is 5.32 Å². The van der Waals surface area contributed by atoms with Crippen molar-refractivity contribution in [2.75, 3.05) is 20.3 Å². The zero-order valence-electron chi connectivity index (χ0n) is 15.3. The summed E-state index contributed by atoms with van der Waals surface area (Å²) in [5, 5.41) is 12.5. The highest BCUT2D eigenvalue weighted by Gasteiger charge is 2.08. The quantitative estimate of drug-likeness (QED) is 0.518. The van der Waals surface area contributed by atoms with Crippen LogP contribution >= 0.6 is 24.0 Å². The molecule has 0 aromatic heterocycles. The Hall–Kier alpha value is -1.53. The first-order chi connectivity index (χ1) is 12.6. The number of halogens is 3. The molecule has 0 fully saturated rings. The summed E-state index contributed by atoms with van der Waals surface area (Å²) in [5.41, 5.74) is 1.81. The predicted octanol–water partition coefficient (Wildman–Crippen LogP) is 4.74. The third-order valence-corrected chi connectivity index (χ3v) is 4.32. The number of rotatable bonds is 11. The van der Waals surface area contributed by atoms with E-state index in [-0.39, 0.29) is 31.4 Å². The maximum Gasteiger partial charge on any atom is 0.161 e. The Morgan fingerprint density at radius 1 is 1.07 bits per heavy atom. The molecular formula is C20H26Cl2FNO3. The van der Waals surface area contributed by atoms with Gasteiger partial charge in [0.2, 0.25) is 0 Å². The first-order valence-corrected chi connectivity index (χ1v) is 9.07. The van der Waals surface area contributed by atoms with E-state index in [2.05, 4.69) is 5.32 Å². The molecule has 0 aliphatic carbocycles. The van der Waals surface area contributed by atoms with Crippen LogP contribution < -0.4 is 14.8 Å². The topological polar surface area (TPSA) is 50.7 Å². The highest BCUT2D eigenvalue weighted by Crippen LogP contribution is 2.29. The molecule has 2 N–H and O–H groups in total. The summed E-state index contributed by atoms with van der Waals surface area (Å²) in [6.45, 7) is 2.13. The van der Waals surface area contributed by atoms with Gasteiger partial charge in [-0.1, -0.05) is 23.7 Å². The van der Waals surface area contributed by atoms with Crippen molar-refractivity contribution in [3.8, 4) is 11.5 Å². The number of nitrogens with one attached hydrogen (secondary N) is 1. The molecule has 27 heavy (non-hydrogen) atoms. The smallest absolute Gasteiger partial charge is 0.161 e. The van der Waals surface area contributed by atoms with Gasteiger partial charge in [0.05, 0.1) is 12.1 Å². The van der Waals surface area contributed by atoms with E-state index in [4.69, 9.17) is 26.2 Å². The molecule has 4 nitrogen and oxygen atoms in total. The molecule has 0 spiro atoms. The van der Waals surface area contributed by atoms with Crippen LogP contribution in [0.4, 0.5) is 4.39 Å². The van der Waals surface area contributed by atoms with Crippen LogP contribution in [0.3, 0.4) is 0 Å². The molecule has 0 bridgehead atoms. The summed E-state index contributed by atoms with van der Waals surface area (Å²) in [7, 11) is 1.60. The van der Waals surface area contributed by atoms with Gasteiger partial charge in [-0.15, -0.1) is 12.4 Å². The van der Waals surface area contributed by atoms with E-state index in [0.29, 0.717) is 22.1 Å². The molecule has 0 aliphatic heterocycles. The fourth-order valence-electron chi connectivity index (χ4n) is 2.51. The lowest BCUT2D eigenvalue weighted by molar-refractivity contribution is 0.282. The number of hydrogen-bond donors (Lipinski definition) is 2. The van der Waals surface area contributed by atoms with Gasteiger partial charge < -0.3 is 19.9 Å². The molecule has 0 amide bonds. The number of benzene rings is 2. The summed E-state index contributed by atoms with van der Waals surface area (Å²) in [5.74, 6) is 0.881. The van der Waals surface area contributed by atoms with Gasteiger partial charge in [0.25, 0.3) is 0 Å². The molecule has 0 saturated carbocycles. The molecule has 0 radical (unpaired) electrons. The minimum absolute atomic E-state index is 0. The van der Waals surface area contributed by atoms with Crippen LogP contribution in [0, 0.1) is 5.82 Å². The van der Waals surface area contributed by atoms with Crippen molar-refractivity contribution in [3.05, 3.63) is 58.4 Å². The van der Waals surface area contributed by atoms with Crippen LogP contribution in [-0.4, -0.2) is 25.4 Å². The van der Waals surface area contributed by atoms with Crippen molar-refractivity contribution in [2.45, 2.75) is 32.4 Å². The Labute approximate surface area is 171 Å². The Balaban J connectivity index is 0.00000364. The van der Waals surface area contributed by atoms with Gasteiger partial charge in [-0.3, -0.25) is 0 Å². The van der Waals surface area contributed by atoms with E-state index in [0.717, 1.165) is 37.9 Å². The van der Waals surface area contributed by atoms with Crippen LogP contribution in [0.15, 0.2) is 36.4 Å². The van der Waals surface area contributed by atoms with Gasteiger partial charge in [-0.25, -0.2) is 4.39 Å². The van der Waals surface area contributed by atoms with Crippen LogP contribution in [0.25, 0.3) is 0 Å². The first kappa shape index (κ1) is 23.5. The molecule has 7 heteroatoms. The van der Waals surface area contributed by atoms with Gasteiger partial charge in [0.1, 0.15) is 12.4 Å². The zero-order valence-corrected chi connectivity index (χ0v) is 16.9. The number of hydrogen-bond acceptors (Lipinski definition) is 4. The molecule has 0 atom stereocenters. The van der Waals surface area contributed by atoms with Crippen molar-refractivity contribution in [1.29, 1.82) is 0 Å². The Bertz CT molecular complexity index is 701. The van der Waals surface area contributed by atoms with Crippen LogP contribution in [0.5, 0.6) is 11.5 Å². The zero-order chi connectivity index (χ0) is 18.8. The normalized spacial score (nSPS) is 10.4. The molecular weight excluding hydrogens is 392 g/mol. The van der Waals surface area contributed by atoms with Crippen LogP contribution in [0.1, 0.15) is 30.4 Å². The second-order valence-corrected chi connectivity index (χ2v) is 6.38. The molecule has 0 unspecified atom stereocenters. The standard InChI is InChI=1S/C20H25ClFNO3.ClH/c1-25-20-11-15(13-23-9-3-2-4-10-24)5-8-19(20)26-14-16-6-7-17(22)12-18(16)21;/h5-8,11-12,23-24H,2-4,9-10,13-14H2,1H3;1H. The van der Waals surface area contributed by atoms with Crippen molar-refractivity contribution >= 4 is 24.0 Å². The van der Waals surface area contributed by atoms with Crippen molar-refractivity contribution in [3.63, 3.8) is 0 Å². The van der Waals surface area contributed by atoms with E-state index < -0.39 is 0 Å². The third kappa shape index (κ3) is 7.93. The maximum absolute atomic E-state index is 13.1. The highest BCUT2D eigenvalue weighted by atomic mass is 35.5. The predicted molar refractivity (Wildman–Crippen MR) is 109 cm³/mol. The average Bonchev–Trinajstić information content (AvgIpc) is 2.64. The Kier molecular flexibility index (Phi) is 11.1. The second-order valence-electron chi connectivity index (χ2n) is 5.97. The van der Waals surface area contributed by atoms with E-state index in [1.165, 1.54) is 12.1 Å². The Morgan fingerprint density at radius 3 is 2.59 bits per heavy atom. The number of aliphatic hydroxyl groups is 1. The van der Waals surface area contributed by atoms with Crippen molar-refractivity contribution in [2.24, 2.45) is 0 Å². The lowest BCUT2D eigenvalue weighted by Crippen LogP contribution is -2.14. The largest absolute Gasteiger partial charge is 0.493 e. The summed E-state index contributed by atoms with van der Waals surface area (Å²) < 4.78 is 24.3. The number of ether oxygens (including phenoxy) is 2. The van der Waals surface area contributed by atoms with Gasteiger partial charge in [0, 0.05) is 18.7 Å². The molecule has 2 rings (SSSR count). The minimum Gasteiger partial charge on any atom is -0.493 e. The first-order valence-electron chi connectivity index (χ1n) is 8.69. The number of methoxy groups -OCH3 is 1. The number of aliphatic hydroxyl groups excluding tert-OH is 1. The van der Waals surface area contributed by atoms with Gasteiger partial charge in [-0.05, 0) is 55.6 Å². The number of unbranched alkanes of at least 4 members (excludes halogenated alkanes) is 2. The molecule has 2 aromatic carbocycles. The monoisotopic (exact) mass is 417 g/mol. The minimum atomic E-state index is -0.371. The van der Waals surface area contributed by atoms with E-state index in [9.17, 15) is 4.39 Å². The van der Waals surface area contributed by atoms with Crippen LogP contribution in [0.2, 0.25) is 5.02 Å². The summed E-state index contributed by atoms with van der Waals surface area (Å²) in [4.78, 5) is 0. The fourth-order valence-corrected chi connectivity index (χ4v) is 2.73. The van der Waals surface area contributed by atoms with Gasteiger partial charge >= 0.3 is 0 Å². The van der Waals surface area contributed by atoms with E-state index >= 15 is 0 Å². The molecule has 150 valence electrons. The fraction of sp³-hybridized carbons (Fsp3) is 0.400. The molecule has 2 aromatic rings. The molecule has 0 saturated heterocycles. The highest BCUT2D eigenvalue weighted by molar-refractivity contribution is 6.31. The SMILES string of the molecule is COc1cc(CNCCCCCO)ccc1OCc1ccc(F)cc1Cl.Cl. The third-order valence-electron chi connectivity index (χ3n) is 3.97. The molecule has 0 heterocycles. The summed E-state index contributed by atoms with van der Waals surface area (Å²) in [6, 6.07) is 10.0. The molecule has 0 aliphatic rings. The van der Waals surface area contributed by atoms with Crippen LogP contribution in [-0.2, 0) is 13.2 Å². The van der Waals surface area contributed by atoms with Crippen molar-refractivity contribution < 1.29 is 19.0 Å². The Morgan fingerprint density at radius 2 is 1.89 bits per heavy atom. The average molecular weight is 418 g/mol.